The summed E-state index contributed by atoms with van der Waals surface area (Å²) in [5.74, 6) is -0.251. The van der Waals surface area contributed by atoms with Gasteiger partial charge in [0.2, 0.25) is 0 Å². The zero-order chi connectivity index (χ0) is 12.4. The molecule has 0 saturated carbocycles. The number of methoxy groups -OCH3 is 1. The van der Waals surface area contributed by atoms with Gasteiger partial charge in [-0.25, -0.2) is 0 Å². The Bertz CT molecular complexity index is 183. The molecule has 0 heterocycles. The van der Waals surface area contributed by atoms with E-state index in [1.165, 1.54) is 26.4 Å². The van der Waals surface area contributed by atoms with Crippen molar-refractivity contribution in [2.24, 2.45) is 11.7 Å². The fourth-order valence-corrected chi connectivity index (χ4v) is 1.98. The average molecular weight is 229 g/mol. The summed E-state index contributed by atoms with van der Waals surface area (Å²) >= 11 is 0. The Morgan fingerprint density at radius 1 is 1.12 bits per heavy atom. The summed E-state index contributed by atoms with van der Waals surface area (Å²) in [4.78, 5) is 11.6. The third-order valence-electron chi connectivity index (χ3n) is 3.01. The summed E-state index contributed by atoms with van der Waals surface area (Å²) in [5.41, 5.74) is 6.02. The highest BCUT2D eigenvalue weighted by Crippen LogP contribution is 2.18. The van der Waals surface area contributed by atoms with Crippen LogP contribution in [0.25, 0.3) is 0 Å². The van der Waals surface area contributed by atoms with Crippen molar-refractivity contribution in [3.05, 3.63) is 0 Å². The fourth-order valence-electron chi connectivity index (χ4n) is 1.98. The van der Waals surface area contributed by atoms with Gasteiger partial charge in [0.1, 0.15) is 0 Å². The molecule has 3 heteroatoms. The lowest BCUT2D eigenvalue weighted by Crippen LogP contribution is -2.36. The van der Waals surface area contributed by atoms with E-state index in [4.69, 9.17) is 10.5 Å². The van der Waals surface area contributed by atoms with Crippen molar-refractivity contribution < 1.29 is 9.53 Å². The lowest BCUT2D eigenvalue weighted by Gasteiger charge is -2.21. The molecule has 0 rings (SSSR count). The normalized spacial score (nSPS) is 14.5. The molecule has 2 N–H and O–H groups in total. The van der Waals surface area contributed by atoms with Gasteiger partial charge in [-0.05, 0) is 12.8 Å². The molecule has 3 nitrogen and oxygen atoms in total. The average Bonchev–Trinajstić information content (AvgIpc) is 2.28. The number of unbranched alkanes of at least 4 members (excludes halogenated alkanes) is 3. The molecule has 2 unspecified atom stereocenters. The largest absolute Gasteiger partial charge is 0.469 e. The van der Waals surface area contributed by atoms with Gasteiger partial charge in [0.25, 0.3) is 0 Å². The first-order chi connectivity index (χ1) is 7.67. The number of nitrogens with two attached hydrogens (primary N) is 1. The topological polar surface area (TPSA) is 52.3 Å². The van der Waals surface area contributed by atoms with E-state index >= 15 is 0 Å². The summed E-state index contributed by atoms with van der Waals surface area (Å²) in [6, 6.07) is -0.0425. The predicted molar refractivity (Wildman–Crippen MR) is 67.1 cm³/mol. The maximum atomic E-state index is 11.6. The third kappa shape index (κ3) is 6.11. The Morgan fingerprint density at radius 2 is 1.81 bits per heavy atom. The fraction of sp³-hybridized carbons (Fsp3) is 0.923. The predicted octanol–water partition coefficient (Wildman–Crippen LogP) is 2.87. The minimum Gasteiger partial charge on any atom is -0.469 e. The van der Waals surface area contributed by atoms with Gasteiger partial charge in [0.15, 0.2) is 0 Å². The Morgan fingerprint density at radius 3 is 2.31 bits per heavy atom. The van der Waals surface area contributed by atoms with E-state index in [1.807, 2.05) is 0 Å². The third-order valence-corrected chi connectivity index (χ3v) is 3.01. The van der Waals surface area contributed by atoms with Crippen LogP contribution in [0.15, 0.2) is 0 Å². The van der Waals surface area contributed by atoms with Crippen molar-refractivity contribution >= 4 is 5.97 Å². The van der Waals surface area contributed by atoms with Gasteiger partial charge in [-0.2, -0.15) is 0 Å². The van der Waals surface area contributed by atoms with Crippen LogP contribution in [0, 0.1) is 5.92 Å². The van der Waals surface area contributed by atoms with Gasteiger partial charge in [-0.3, -0.25) is 4.79 Å². The molecule has 0 aliphatic carbocycles. The molecule has 0 aliphatic heterocycles. The van der Waals surface area contributed by atoms with Crippen molar-refractivity contribution in [2.75, 3.05) is 7.11 Å². The van der Waals surface area contributed by atoms with Gasteiger partial charge in [-0.1, -0.05) is 46.0 Å². The Balaban J connectivity index is 4.05. The molecular formula is C13H27NO2. The van der Waals surface area contributed by atoms with Gasteiger partial charge in [0.05, 0.1) is 13.0 Å². The van der Waals surface area contributed by atoms with E-state index in [2.05, 4.69) is 13.8 Å². The van der Waals surface area contributed by atoms with Crippen LogP contribution < -0.4 is 5.73 Å². The van der Waals surface area contributed by atoms with Crippen LogP contribution in [0.4, 0.5) is 0 Å². The first-order valence-corrected chi connectivity index (χ1v) is 6.50. The molecule has 0 amide bonds. The van der Waals surface area contributed by atoms with Crippen LogP contribution in [-0.4, -0.2) is 19.1 Å². The first-order valence-electron chi connectivity index (χ1n) is 6.50. The summed E-state index contributed by atoms with van der Waals surface area (Å²) in [6.07, 6.45) is 7.49. The zero-order valence-electron chi connectivity index (χ0n) is 11.0. The number of carbonyl (C=O) groups is 1. The summed E-state index contributed by atoms with van der Waals surface area (Å²) < 4.78 is 4.82. The maximum Gasteiger partial charge on any atom is 0.310 e. The van der Waals surface area contributed by atoms with Gasteiger partial charge in [0, 0.05) is 6.04 Å². The number of esters is 1. The highest BCUT2D eigenvalue weighted by molar-refractivity contribution is 5.73. The highest BCUT2D eigenvalue weighted by Gasteiger charge is 2.25. The number of hydrogen-bond donors (Lipinski definition) is 1. The second kappa shape index (κ2) is 9.64. The standard InChI is InChI=1S/C13H27NO2/c1-4-6-7-8-10-11(13(15)16-3)12(14)9-5-2/h11-12H,4-10,14H2,1-3H3. The van der Waals surface area contributed by atoms with E-state index in [9.17, 15) is 4.79 Å². The Hall–Kier alpha value is -0.570. The minimum atomic E-state index is -0.141. The number of rotatable bonds is 9. The van der Waals surface area contributed by atoms with Crippen molar-refractivity contribution in [3.63, 3.8) is 0 Å². The molecular weight excluding hydrogens is 202 g/mol. The highest BCUT2D eigenvalue weighted by atomic mass is 16.5. The van der Waals surface area contributed by atoms with Crippen LogP contribution in [0.5, 0.6) is 0 Å². The van der Waals surface area contributed by atoms with Crippen LogP contribution in [-0.2, 0) is 9.53 Å². The minimum absolute atomic E-state index is 0.0425. The van der Waals surface area contributed by atoms with Crippen LogP contribution in [0.2, 0.25) is 0 Å². The van der Waals surface area contributed by atoms with Gasteiger partial charge < -0.3 is 10.5 Å². The molecule has 0 aromatic heterocycles. The van der Waals surface area contributed by atoms with E-state index in [0.29, 0.717) is 0 Å². The van der Waals surface area contributed by atoms with Crippen LogP contribution in [0.1, 0.15) is 58.8 Å². The molecule has 16 heavy (non-hydrogen) atoms. The molecule has 0 fully saturated rings. The van der Waals surface area contributed by atoms with Crippen LogP contribution in [0.3, 0.4) is 0 Å². The van der Waals surface area contributed by atoms with E-state index in [0.717, 1.165) is 25.7 Å². The second-order valence-electron chi connectivity index (χ2n) is 4.43. The molecule has 0 saturated heterocycles. The smallest absolute Gasteiger partial charge is 0.310 e. The quantitative estimate of drug-likeness (QED) is 0.488. The van der Waals surface area contributed by atoms with E-state index in [-0.39, 0.29) is 17.9 Å². The van der Waals surface area contributed by atoms with E-state index in [1.54, 1.807) is 0 Å². The summed E-state index contributed by atoms with van der Waals surface area (Å²) in [7, 11) is 1.44. The molecule has 96 valence electrons. The zero-order valence-corrected chi connectivity index (χ0v) is 11.0. The molecule has 2 atom stereocenters. The number of hydrogen-bond acceptors (Lipinski definition) is 3. The summed E-state index contributed by atoms with van der Waals surface area (Å²) in [6.45, 7) is 4.27. The SMILES string of the molecule is CCCCCCC(C(=O)OC)C(N)CCC. The lowest BCUT2D eigenvalue weighted by molar-refractivity contribution is -0.146. The van der Waals surface area contributed by atoms with Crippen molar-refractivity contribution in [1.82, 2.24) is 0 Å². The Labute approximate surface area is 99.7 Å². The number of carbonyl (C=O) groups excluding carboxylic acids is 1. The lowest BCUT2D eigenvalue weighted by atomic mass is 9.91. The molecule has 0 bridgehead atoms. The number of ether oxygens (including phenoxy) is 1. The van der Waals surface area contributed by atoms with Crippen molar-refractivity contribution in [2.45, 2.75) is 64.8 Å². The van der Waals surface area contributed by atoms with Crippen LogP contribution >= 0.6 is 0 Å². The summed E-state index contributed by atoms with van der Waals surface area (Å²) in [5, 5.41) is 0. The van der Waals surface area contributed by atoms with Crippen molar-refractivity contribution in [1.29, 1.82) is 0 Å². The van der Waals surface area contributed by atoms with Gasteiger partial charge >= 0.3 is 5.97 Å². The molecule has 0 aromatic rings. The van der Waals surface area contributed by atoms with Crippen molar-refractivity contribution in [3.8, 4) is 0 Å². The monoisotopic (exact) mass is 229 g/mol. The molecule has 0 aromatic carbocycles. The second-order valence-corrected chi connectivity index (χ2v) is 4.43. The molecule has 0 spiro atoms. The molecule has 0 aliphatic rings. The molecule has 0 radical (unpaired) electrons. The maximum absolute atomic E-state index is 11.6. The Kier molecular flexibility index (Phi) is 9.30. The van der Waals surface area contributed by atoms with Gasteiger partial charge in [-0.15, -0.1) is 0 Å². The first kappa shape index (κ1) is 15.4. The van der Waals surface area contributed by atoms with E-state index < -0.39 is 0 Å².